The maximum Gasteiger partial charge on any atom is 0.356 e. The van der Waals surface area contributed by atoms with Gasteiger partial charge < -0.3 is 19.7 Å². The number of pyridine rings is 1. The number of anilines is 1. The molecule has 2 heterocycles. The molecular weight excluding hydrogens is 274 g/mol. The Balaban J connectivity index is 1.80. The van der Waals surface area contributed by atoms with Crippen molar-refractivity contribution in [3.05, 3.63) is 24.0 Å². The average molecular weight is 293 g/mol. The Morgan fingerprint density at radius 1 is 1.43 bits per heavy atom. The van der Waals surface area contributed by atoms with Crippen LogP contribution >= 0.6 is 0 Å². The number of esters is 1. The zero-order valence-electron chi connectivity index (χ0n) is 12.0. The van der Waals surface area contributed by atoms with Crippen LogP contribution in [0.4, 0.5) is 5.69 Å². The van der Waals surface area contributed by atoms with Crippen molar-refractivity contribution in [2.75, 3.05) is 45.3 Å². The highest BCUT2D eigenvalue weighted by molar-refractivity contribution is 5.88. The molecule has 21 heavy (non-hydrogen) atoms. The van der Waals surface area contributed by atoms with E-state index in [1.54, 1.807) is 17.0 Å². The zero-order chi connectivity index (χ0) is 15.1. The molecule has 1 amide bonds. The number of rotatable bonds is 5. The fraction of sp³-hybridized carbons (Fsp3) is 0.500. The van der Waals surface area contributed by atoms with E-state index in [4.69, 9.17) is 4.74 Å². The van der Waals surface area contributed by atoms with Crippen molar-refractivity contribution < 1.29 is 19.1 Å². The smallest absolute Gasteiger partial charge is 0.356 e. The average Bonchev–Trinajstić information content (AvgIpc) is 2.55. The van der Waals surface area contributed by atoms with E-state index >= 15 is 0 Å². The first-order valence-corrected chi connectivity index (χ1v) is 6.84. The maximum absolute atomic E-state index is 12.0. The minimum atomic E-state index is -0.483. The Morgan fingerprint density at radius 3 is 2.90 bits per heavy atom. The van der Waals surface area contributed by atoms with Gasteiger partial charge in [0.05, 0.1) is 20.3 Å². The van der Waals surface area contributed by atoms with E-state index in [0.29, 0.717) is 39.3 Å². The van der Waals surface area contributed by atoms with Gasteiger partial charge in [0.1, 0.15) is 5.69 Å². The van der Waals surface area contributed by atoms with Gasteiger partial charge in [-0.3, -0.25) is 4.79 Å². The second-order valence-corrected chi connectivity index (χ2v) is 4.59. The van der Waals surface area contributed by atoms with Crippen LogP contribution in [0.3, 0.4) is 0 Å². The van der Waals surface area contributed by atoms with Gasteiger partial charge >= 0.3 is 5.97 Å². The lowest BCUT2D eigenvalue weighted by atomic mass is 10.3. The Hall–Kier alpha value is -2.15. The molecule has 1 aromatic heterocycles. The lowest BCUT2D eigenvalue weighted by Gasteiger charge is -2.26. The second kappa shape index (κ2) is 7.58. The number of nitrogens with one attached hydrogen (secondary N) is 1. The molecule has 1 aromatic rings. The summed E-state index contributed by atoms with van der Waals surface area (Å²) in [4.78, 5) is 29.0. The lowest BCUT2D eigenvalue weighted by Crippen LogP contribution is -2.41. The molecule has 114 valence electrons. The molecule has 0 aromatic carbocycles. The van der Waals surface area contributed by atoms with E-state index in [-0.39, 0.29) is 11.6 Å². The van der Waals surface area contributed by atoms with Crippen LogP contribution in [0.5, 0.6) is 0 Å². The number of hydrogen-bond donors (Lipinski definition) is 1. The first-order valence-electron chi connectivity index (χ1n) is 6.84. The van der Waals surface area contributed by atoms with Crippen LogP contribution < -0.4 is 5.32 Å². The van der Waals surface area contributed by atoms with Gasteiger partial charge in [-0.2, -0.15) is 0 Å². The summed E-state index contributed by atoms with van der Waals surface area (Å²) in [5, 5.41) is 3.11. The molecule has 1 saturated heterocycles. The molecule has 1 N–H and O–H groups in total. The number of nitrogens with zero attached hydrogens (tertiary/aromatic N) is 2. The van der Waals surface area contributed by atoms with E-state index in [9.17, 15) is 9.59 Å². The van der Waals surface area contributed by atoms with Crippen molar-refractivity contribution in [1.82, 2.24) is 9.88 Å². The highest BCUT2D eigenvalue weighted by atomic mass is 16.5. The summed E-state index contributed by atoms with van der Waals surface area (Å²) in [6, 6.07) is 3.34. The maximum atomic E-state index is 12.0. The van der Waals surface area contributed by atoms with Crippen molar-refractivity contribution >= 4 is 17.6 Å². The third-order valence-electron chi connectivity index (χ3n) is 3.19. The number of morpholine rings is 1. The SMILES string of the molecule is COC(=O)c1cc(NCCC(=O)N2CCOCC2)ccn1. The van der Waals surface area contributed by atoms with Crippen molar-refractivity contribution in [3.8, 4) is 0 Å². The number of aromatic nitrogens is 1. The van der Waals surface area contributed by atoms with Gasteiger partial charge in [0.2, 0.25) is 5.91 Å². The predicted molar refractivity (Wildman–Crippen MR) is 76.1 cm³/mol. The van der Waals surface area contributed by atoms with Crippen LogP contribution in [-0.4, -0.2) is 61.7 Å². The van der Waals surface area contributed by atoms with E-state index in [1.165, 1.54) is 13.3 Å². The van der Waals surface area contributed by atoms with Crippen LogP contribution in [0.25, 0.3) is 0 Å². The Labute approximate surface area is 123 Å². The highest BCUT2D eigenvalue weighted by Crippen LogP contribution is 2.09. The summed E-state index contributed by atoms with van der Waals surface area (Å²) >= 11 is 0. The molecular formula is C14H19N3O4. The zero-order valence-corrected chi connectivity index (χ0v) is 12.0. The quantitative estimate of drug-likeness (QED) is 0.798. The van der Waals surface area contributed by atoms with Crippen LogP contribution in [0, 0.1) is 0 Å². The van der Waals surface area contributed by atoms with Gasteiger partial charge in [-0.05, 0) is 12.1 Å². The molecule has 0 aliphatic carbocycles. The standard InChI is InChI=1S/C14H19N3O4/c1-20-14(19)12-10-11(2-4-16-12)15-5-3-13(18)17-6-8-21-9-7-17/h2,4,10H,3,5-9H2,1H3,(H,15,16). The summed E-state index contributed by atoms with van der Waals surface area (Å²) in [7, 11) is 1.31. The first-order chi connectivity index (χ1) is 10.2. The summed E-state index contributed by atoms with van der Waals surface area (Å²) in [6.07, 6.45) is 1.92. The number of ether oxygens (including phenoxy) is 2. The van der Waals surface area contributed by atoms with Gasteiger partial charge in [-0.15, -0.1) is 0 Å². The number of amides is 1. The summed E-state index contributed by atoms with van der Waals surface area (Å²) in [5.74, 6) is -0.379. The van der Waals surface area contributed by atoms with Crippen LogP contribution in [0.15, 0.2) is 18.3 Å². The Bertz CT molecular complexity index is 501. The van der Waals surface area contributed by atoms with Crippen molar-refractivity contribution in [3.63, 3.8) is 0 Å². The number of hydrogen-bond acceptors (Lipinski definition) is 6. The normalized spacial score (nSPS) is 14.6. The van der Waals surface area contributed by atoms with Gasteiger partial charge in [-0.1, -0.05) is 0 Å². The predicted octanol–water partition coefficient (Wildman–Crippen LogP) is 0.529. The molecule has 1 fully saturated rings. The third-order valence-corrected chi connectivity index (χ3v) is 3.19. The minimum absolute atomic E-state index is 0.105. The molecule has 1 aliphatic heterocycles. The van der Waals surface area contributed by atoms with E-state index in [2.05, 4.69) is 15.0 Å². The molecule has 0 radical (unpaired) electrons. The number of carbonyl (C=O) groups excluding carboxylic acids is 2. The third kappa shape index (κ3) is 4.42. The second-order valence-electron chi connectivity index (χ2n) is 4.59. The molecule has 0 saturated carbocycles. The fourth-order valence-corrected chi connectivity index (χ4v) is 2.04. The van der Waals surface area contributed by atoms with E-state index < -0.39 is 5.97 Å². The molecule has 7 nitrogen and oxygen atoms in total. The van der Waals surface area contributed by atoms with E-state index in [0.717, 1.165) is 5.69 Å². The van der Waals surface area contributed by atoms with Crippen molar-refractivity contribution in [2.45, 2.75) is 6.42 Å². The summed E-state index contributed by atoms with van der Waals surface area (Å²) < 4.78 is 9.82. The van der Waals surface area contributed by atoms with Crippen LogP contribution in [0.2, 0.25) is 0 Å². The lowest BCUT2D eigenvalue weighted by molar-refractivity contribution is -0.134. The highest BCUT2D eigenvalue weighted by Gasteiger charge is 2.16. The molecule has 0 bridgehead atoms. The Morgan fingerprint density at radius 2 is 2.19 bits per heavy atom. The monoisotopic (exact) mass is 293 g/mol. The van der Waals surface area contributed by atoms with Gasteiger partial charge in [0, 0.05) is 37.9 Å². The molecule has 0 atom stereocenters. The van der Waals surface area contributed by atoms with Gasteiger partial charge in [0.25, 0.3) is 0 Å². The molecule has 0 spiro atoms. The van der Waals surface area contributed by atoms with Crippen LogP contribution in [-0.2, 0) is 14.3 Å². The van der Waals surface area contributed by atoms with E-state index in [1.807, 2.05) is 0 Å². The topological polar surface area (TPSA) is 80.8 Å². The van der Waals surface area contributed by atoms with Gasteiger partial charge in [0.15, 0.2) is 0 Å². The van der Waals surface area contributed by atoms with Crippen molar-refractivity contribution in [1.29, 1.82) is 0 Å². The number of carbonyl (C=O) groups is 2. The van der Waals surface area contributed by atoms with Crippen molar-refractivity contribution in [2.24, 2.45) is 0 Å². The Kier molecular flexibility index (Phi) is 5.51. The molecule has 2 rings (SSSR count). The van der Waals surface area contributed by atoms with Crippen LogP contribution in [0.1, 0.15) is 16.9 Å². The van der Waals surface area contributed by atoms with Gasteiger partial charge in [-0.25, -0.2) is 9.78 Å². The fourth-order valence-electron chi connectivity index (χ4n) is 2.04. The molecule has 7 heteroatoms. The number of methoxy groups -OCH3 is 1. The molecule has 1 aliphatic rings. The molecule has 0 unspecified atom stereocenters. The summed E-state index contributed by atoms with van der Waals surface area (Å²) in [6.45, 7) is 3.01. The summed E-state index contributed by atoms with van der Waals surface area (Å²) in [5.41, 5.74) is 0.974. The minimum Gasteiger partial charge on any atom is -0.464 e. The first kappa shape index (κ1) is 15.2. The largest absolute Gasteiger partial charge is 0.464 e.